The van der Waals surface area contributed by atoms with E-state index in [0.717, 1.165) is 36.6 Å². The number of likely N-dealkylation sites (tertiary alicyclic amines) is 1. The molecule has 0 spiro atoms. The summed E-state index contributed by atoms with van der Waals surface area (Å²) in [6.07, 6.45) is -2.48. The molecule has 0 bridgehead atoms. The maximum Gasteiger partial charge on any atom is 0.416 e. The van der Waals surface area contributed by atoms with Gasteiger partial charge in [0.15, 0.2) is 0 Å². The highest BCUT2D eigenvalue weighted by Crippen LogP contribution is 2.37. The highest BCUT2D eigenvalue weighted by molar-refractivity contribution is 5.77. The predicted octanol–water partition coefficient (Wildman–Crippen LogP) is 8.24. The lowest BCUT2D eigenvalue weighted by molar-refractivity contribution is -0.139. The first-order valence-electron chi connectivity index (χ1n) is 13.1. The number of carboxylic acid groups (broad SMARTS) is 1. The Morgan fingerprint density at radius 1 is 0.923 bits per heavy atom. The number of hydrogen-bond acceptors (Lipinski definition) is 2. The summed E-state index contributed by atoms with van der Waals surface area (Å²) in [4.78, 5) is 14.3. The zero-order chi connectivity index (χ0) is 28.3. The van der Waals surface area contributed by atoms with E-state index in [1.54, 1.807) is 6.07 Å². The van der Waals surface area contributed by atoms with Gasteiger partial charge in [-0.2, -0.15) is 13.2 Å². The second-order valence-corrected chi connectivity index (χ2v) is 10.8. The van der Waals surface area contributed by atoms with E-state index in [1.165, 1.54) is 24.3 Å². The van der Waals surface area contributed by atoms with Crippen LogP contribution in [0, 0.1) is 17.6 Å². The smallest absolute Gasteiger partial charge is 0.416 e. The number of carboxylic acids is 1. The first kappa shape index (κ1) is 28.7. The van der Waals surface area contributed by atoms with Gasteiger partial charge in [0.2, 0.25) is 0 Å². The predicted molar refractivity (Wildman–Crippen MR) is 140 cm³/mol. The van der Waals surface area contributed by atoms with Crippen LogP contribution in [0.4, 0.5) is 22.0 Å². The Labute approximate surface area is 225 Å². The summed E-state index contributed by atoms with van der Waals surface area (Å²) in [5, 5.41) is 9.99. The SMILES string of the molecule is CC(C)CC(C(=O)O)c1cc(-c2ccc(C(F)(F)F)cc2)cc(C2CCN(Cc3cc(F)cc(F)c3)CC2)c1. The summed E-state index contributed by atoms with van der Waals surface area (Å²) in [6.45, 7) is 5.72. The number of benzene rings is 3. The number of nitrogens with zero attached hydrogens (tertiary/aromatic N) is 1. The minimum absolute atomic E-state index is 0.118. The molecule has 1 atom stereocenters. The van der Waals surface area contributed by atoms with Crippen LogP contribution in [0.2, 0.25) is 0 Å². The van der Waals surface area contributed by atoms with Gasteiger partial charge >= 0.3 is 12.1 Å². The van der Waals surface area contributed by atoms with Crippen molar-refractivity contribution in [2.45, 2.75) is 57.7 Å². The van der Waals surface area contributed by atoms with Gasteiger partial charge in [0.05, 0.1) is 11.5 Å². The molecule has 1 heterocycles. The molecule has 39 heavy (non-hydrogen) atoms. The van der Waals surface area contributed by atoms with Crippen molar-refractivity contribution in [1.82, 2.24) is 4.90 Å². The highest BCUT2D eigenvalue weighted by Gasteiger charge is 2.30. The molecule has 0 saturated carbocycles. The summed E-state index contributed by atoms with van der Waals surface area (Å²) in [5.41, 5.74) is 2.69. The van der Waals surface area contributed by atoms with Crippen molar-refractivity contribution < 1.29 is 31.9 Å². The van der Waals surface area contributed by atoms with Gasteiger partial charge in [-0.05, 0) is 96.3 Å². The van der Waals surface area contributed by atoms with Crippen LogP contribution in [0.25, 0.3) is 11.1 Å². The average Bonchev–Trinajstić information content (AvgIpc) is 2.86. The molecule has 0 radical (unpaired) electrons. The third-order valence-electron chi connectivity index (χ3n) is 7.32. The number of carbonyl (C=O) groups is 1. The van der Waals surface area contributed by atoms with Crippen molar-refractivity contribution in [3.8, 4) is 11.1 Å². The van der Waals surface area contributed by atoms with Crippen molar-refractivity contribution >= 4 is 5.97 Å². The summed E-state index contributed by atoms with van der Waals surface area (Å²) >= 11 is 0. The van der Waals surface area contributed by atoms with Crippen molar-refractivity contribution in [1.29, 1.82) is 0 Å². The molecule has 0 aliphatic carbocycles. The molecule has 1 aliphatic rings. The first-order chi connectivity index (χ1) is 18.4. The fourth-order valence-electron chi connectivity index (χ4n) is 5.37. The molecule has 3 aromatic rings. The van der Waals surface area contributed by atoms with E-state index < -0.39 is 35.3 Å². The number of alkyl halides is 3. The highest BCUT2D eigenvalue weighted by atomic mass is 19.4. The standard InChI is InChI=1S/C31H32F5NO2/c1-19(2)11-29(30(38)39)25-15-23(21-3-5-26(6-4-21)31(34,35)36)14-24(16-25)22-7-9-37(10-8-22)18-20-12-27(32)17-28(33)13-20/h3-6,12-17,19,22,29H,7-11,18H2,1-2H3,(H,38,39). The molecule has 208 valence electrons. The summed E-state index contributed by atoms with van der Waals surface area (Å²) in [7, 11) is 0. The molecule has 1 fully saturated rings. The molecule has 3 nitrogen and oxygen atoms in total. The van der Waals surface area contributed by atoms with Gasteiger partial charge in [-0.1, -0.05) is 44.2 Å². The maximum absolute atomic E-state index is 13.6. The van der Waals surface area contributed by atoms with Crippen LogP contribution in [0.3, 0.4) is 0 Å². The van der Waals surface area contributed by atoms with Gasteiger partial charge in [0.25, 0.3) is 0 Å². The van der Waals surface area contributed by atoms with Gasteiger partial charge < -0.3 is 5.11 Å². The lowest BCUT2D eigenvalue weighted by Gasteiger charge is -2.33. The van der Waals surface area contributed by atoms with Gasteiger partial charge in [-0.15, -0.1) is 0 Å². The van der Waals surface area contributed by atoms with E-state index in [9.17, 15) is 31.9 Å². The van der Waals surface area contributed by atoms with Gasteiger partial charge in [0.1, 0.15) is 11.6 Å². The minimum Gasteiger partial charge on any atom is -0.481 e. The van der Waals surface area contributed by atoms with Crippen LogP contribution in [0.15, 0.2) is 60.7 Å². The van der Waals surface area contributed by atoms with E-state index in [-0.39, 0.29) is 11.8 Å². The zero-order valence-electron chi connectivity index (χ0n) is 21.9. The van der Waals surface area contributed by atoms with Crippen molar-refractivity contribution in [3.63, 3.8) is 0 Å². The van der Waals surface area contributed by atoms with Crippen molar-refractivity contribution in [2.24, 2.45) is 5.92 Å². The fourth-order valence-corrected chi connectivity index (χ4v) is 5.37. The number of aliphatic carboxylic acids is 1. The van der Waals surface area contributed by atoms with Crippen LogP contribution in [-0.4, -0.2) is 29.1 Å². The minimum atomic E-state index is -4.44. The second-order valence-electron chi connectivity index (χ2n) is 10.8. The first-order valence-corrected chi connectivity index (χ1v) is 13.1. The monoisotopic (exact) mass is 545 g/mol. The van der Waals surface area contributed by atoms with E-state index >= 15 is 0 Å². The largest absolute Gasteiger partial charge is 0.481 e. The second kappa shape index (κ2) is 11.9. The van der Waals surface area contributed by atoms with Gasteiger partial charge in [-0.3, -0.25) is 9.69 Å². The van der Waals surface area contributed by atoms with E-state index in [1.807, 2.05) is 26.0 Å². The Morgan fingerprint density at radius 2 is 1.54 bits per heavy atom. The normalized spacial score (nSPS) is 16.0. The van der Waals surface area contributed by atoms with Crippen LogP contribution >= 0.6 is 0 Å². The molecule has 1 N–H and O–H groups in total. The number of halogens is 5. The molecular weight excluding hydrogens is 513 g/mol. The third kappa shape index (κ3) is 7.44. The van der Waals surface area contributed by atoms with Crippen molar-refractivity contribution in [2.75, 3.05) is 13.1 Å². The topological polar surface area (TPSA) is 40.5 Å². The Hall–Kier alpha value is -3.26. The summed E-state index contributed by atoms with van der Waals surface area (Å²) in [5.74, 6) is -2.63. The number of piperidine rings is 1. The third-order valence-corrected chi connectivity index (χ3v) is 7.32. The lowest BCUT2D eigenvalue weighted by atomic mass is 9.82. The van der Waals surface area contributed by atoms with Gasteiger partial charge in [-0.25, -0.2) is 8.78 Å². The molecule has 0 amide bonds. The van der Waals surface area contributed by atoms with Crippen LogP contribution < -0.4 is 0 Å². The average molecular weight is 546 g/mol. The van der Waals surface area contributed by atoms with E-state index in [2.05, 4.69) is 4.90 Å². The maximum atomic E-state index is 13.6. The van der Waals surface area contributed by atoms with Crippen molar-refractivity contribution in [3.05, 3.63) is 94.6 Å². The summed E-state index contributed by atoms with van der Waals surface area (Å²) in [6, 6.07) is 14.1. The van der Waals surface area contributed by atoms with E-state index in [4.69, 9.17) is 0 Å². The number of rotatable bonds is 8. The molecule has 1 aliphatic heterocycles. The zero-order valence-corrected chi connectivity index (χ0v) is 21.9. The molecule has 3 aromatic carbocycles. The summed E-state index contributed by atoms with van der Waals surface area (Å²) < 4.78 is 66.5. The Bertz CT molecular complexity index is 1280. The lowest BCUT2D eigenvalue weighted by Crippen LogP contribution is -2.32. The molecule has 0 aromatic heterocycles. The Balaban J connectivity index is 1.61. The van der Waals surface area contributed by atoms with Crippen LogP contribution in [-0.2, 0) is 17.5 Å². The quantitative estimate of drug-likeness (QED) is 0.290. The van der Waals surface area contributed by atoms with Gasteiger partial charge in [0, 0.05) is 12.6 Å². The Kier molecular flexibility index (Phi) is 8.74. The van der Waals surface area contributed by atoms with Crippen LogP contribution in [0.1, 0.15) is 67.2 Å². The van der Waals surface area contributed by atoms with Crippen LogP contribution in [0.5, 0.6) is 0 Å². The molecule has 1 saturated heterocycles. The molecular formula is C31H32F5NO2. The number of hydrogen-bond donors (Lipinski definition) is 1. The fraction of sp³-hybridized carbons (Fsp3) is 0.387. The molecule has 1 unspecified atom stereocenters. The molecule has 8 heteroatoms. The molecule has 4 rings (SSSR count). The van der Waals surface area contributed by atoms with E-state index in [0.29, 0.717) is 48.3 Å². The Morgan fingerprint density at radius 3 is 2.08 bits per heavy atom.